The number of carboxylic acids is 1. The quantitative estimate of drug-likeness (QED) is 0.828. The molecule has 1 aromatic rings. The van der Waals surface area contributed by atoms with Crippen molar-refractivity contribution in [1.29, 1.82) is 0 Å². The van der Waals surface area contributed by atoms with Crippen LogP contribution in [0.2, 0.25) is 0 Å². The van der Waals surface area contributed by atoms with E-state index >= 15 is 0 Å². The number of hydrogen-bond acceptors (Lipinski definition) is 3. The Morgan fingerprint density at radius 3 is 2.75 bits per heavy atom. The highest BCUT2D eigenvalue weighted by atomic mass is 16.4. The van der Waals surface area contributed by atoms with E-state index in [4.69, 9.17) is 5.11 Å². The molecule has 88 valence electrons. The lowest BCUT2D eigenvalue weighted by Gasteiger charge is -2.26. The van der Waals surface area contributed by atoms with E-state index in [9.17, 15) is 4.79 Å². The number of likely N-dealkylation sites (tertiary alicyclic amines) is 1. The van der Waals surface area contributed by atoms with Crippen molar-refractivity contribution in [2.24, 2.45) is 7.05 Å². The molecule has 1 fully saturated rings. The zero-order valence-electron chi connectivity index (χ0n) is 9.46. The van der Waals surface area contributed by atoms with Gasteiger partial charge in [-0.1, -0.05) is 0 Å². The van der Waals surface area contributed by atoms with E-state index < -0.39 is 5.97 Å². The number of hydrogen-bond donors (Lipinski definition) is 1. The molecule has 0 bridgehead atoms. The molecule has 1 N–H and O–H groups in total. The van der Waals surface area contributed by atoms with Crippen LogP contribution in [0.5, 0.6) is 0 Å². The van der Waals surface area contributed by atoms with E-state index in [0.29, 0.717) is 0 Å². The van der Waals surface area contributed by atoms with Crippen LogP contribution in [0, 0.1) is 0 Å². The number of carboxylic acid groups (broad SMARTS) is 1. The van der Waals surface area contributed by atoms with Gasteiger partial charge in [-0.25, -0.2) is 4.98 Å². The highest BCUT2D eigenvalue weighted by Gasteiger charge is 2.27. The number of carbonyl (C=O) groups is 1. The average molecular weight is 223 g/mol. The first kappa shape index (κ1) is 11.1. The third-order valence-corrected chi connectivity index (χ3v) is 3.14. The normalized spacial score (nSPS) is 18.8. The molecule has 1 aliphatic heterocycles. The summed E-state index contributed by atoms with van der Waals surface area (Å²) in [6.45, 7) is 1.98. The smallest absolute Gasteiger partial charge is 0.305 e. The summed E-state index contributed by atoms with van der Waals surface area (Å²) in [7, 11) is 1.91. The fraction of sp³-hybridized carbons (Fsp3) is 0.636. The average Bonchev–Trinajstić information content (AvgIpc) is 2.84. The van der Waals surface area contributed by atoms with Gasteiger partial charge in [-0.3, -0.25) is 9.69 Å². The topological polar surface area (TPSA) is 58.4 Å². The first-order valence-corrected chi connectivity index (χ1v) is 5.60. The van der Waals surface area contributed by atoms with E-state index in [1.807, 2.05) is 11.6 Å². The fourth-order valence-electron chi connectivity index (χ4n) is 2.33. The van der Waals surface area contributed by atoms with Crippen molar-refractivity contribution in [1.82, 2.24) is 14.5 Å². The van der Waals surface area contributed by atoms with Crippen LogP contribution >= 0.6 is 0 Å². The molecule has 1 aliphatic rings. The van der Waals surface area contributed by atoms with Gasteiger partial charge in [-0.15, -0.1) is 0 Å². The van der Waals surface area contributed by atoms with Crippen molar-refractivity contribution < 1.29 is 9.90 Å². The van der Waals surface area contributed by atoms with Gasteiger partial charge in [-0.2, -0.15) is 0 Å². The summed E-state index contributed by atoms with van der Waals surface area (Å²) in [4.78, 5) is 17.2. The van der Waals surface area contributed by atoms with Crippen LogP contribution in [0.3, 0.4) is 0 Å². The molecule has 0 spiro atoms. The Morgan fingerprint density at radius 1 is 1.56 bits per heavy atom. The summed E-state index contributed by atoms with van der Waals surface area (Å²) >= 11 is 0. The van der Waals surface area contributed by atoms with Gasteiger partial charge in [0.15, 0.2) is 0 Å². The number of imidazole rings is 1. The van der Waals surface area contributed by atoms with Gasteiger partial charge >= 0.3 is 5.97 Å². The second-order valence-electron chi connectivity index (χ2n) is 4.29. The van der Waals surface area contributed by atoms with Gasteiger partial charge in [0, 0.05) is 13.2 Å². The fourth-order valence-corrected chi connectivity index (χ4v) is 2.33. The van der Waals surface area contributed by atoms with Crippen molar-refractivity contribution >= 4 is 5.97 Å². The van der Waals surface area contributed by atoms with Crippen LogP contribution in [0.4, 0.5) is 0 Å². The monoisotopic (exact) mass is 223 g/mol. The molecule has 0 aliphatic carbocycles. The second kappa shape index (κ2) is 4.65. The minimum atomic E-state index is -0.752. The lowest BCUT2D eigenvalue weighted by molar-refractivity contribution is -0.138. The number of aliphatic carboxylic acids is 1. The highest BCUT2D eigenvalue weighted by molar-refractivity contribution is 5.67. The van der Waals surface area contributed by atoms with Crippen LogP contribution in [-0.4, -0.2) is 38.6 Å². The molecule has 1 saturated heterocycles. The van der Waals surface area contributed by atoms with E-state index in [2.05, 4.69) is 9.88 Å². The number of nitrogens with zero attached hydrogens (tertiary/aromatic N) is 3. The van der Waals surface area contributed by atoms with Gasteiger partial charge in [-0.05, 0) is 25.9 Å². The molecule has 0 amide bonds. The summed E-state index contributed by atoms with van der Waals surface area (Å²) in [6, 6.07) is -0.0347. The third-order valence-electron chi connectivity index (χ3n) is 3.14. The Bertz CT molecular complexity index is 369. The van der Waals surface area contributed by atoms with Crippen molar-refractivity contribution in [3.8, 4) is 0 Å². The van der Waals surface area contributed by atoms with Crippen LogP contribution in [0.15, 0.2) is 12.5 Å². The van der Waals surface area contributed by atoms with E-state index in [0.717, 1.165) is 31.6 Å². The summed E-state index contributed by atoms with van der Waals surface area (Å²) in [5.41, 5.74) is 0.990. The van der Waals surface area contributed by atoms with Crippen LogP contribution < -0.4 is 0 Å². The maximum atomic E-state index is 10.9. The zero-order valence-corrected chi connectivity index (χ0v) is 9.46. The van der Waals surface area contributed by atoms with Crippen molar-refractivity contribution in [2.45, 2.75) is 25.3 Å². The summed E-state index contributed by atoms with van der Waals surface area (Å²) < 4.78 is 1.91. The standard InChI is InChI=1S/C11H17N3O2/c1-13-8-12-7-10(13)9(6-11(15)16)14-4-2-3-5-14/h7-9H,2-6H2,1H3,(H,15,16). The number of aromatic nitrogens is 2. The van der Waals surface area contributed by atoms with Gasteiger partial charge in [0.25, 0.3) is 0 Å². The maximum absolute atomic E-state index is 10.9. The van der Waals surface area contributed by atoms with E-state index in [1.165, 1.54) is 0 Å². The van der Waals surface area contributed by atoms with E-state index in [1.54, 1.807) is 12.5 Å². The minimum Gasteiger partial charge on any atom is -0.481 e. The Hall–Kier alpha value is -1.36. The zero-order chi connectivity index (χ0) is 11.5. The Morgan fingerprint density at radius 2 is 2.25 bits per heavy atom. The maximum Gasteiger partial charge on any atom is 0.305 e. The Balaban J connectivity index is 2.20. The molecule has 1 aromatic heterocycles. The van der Waals surface area contributed by atoms with E-state index in [-0.39, 0.29) is 12.5 Å². The Labute approximate surface area is 94.7 Å². The van der Waals surface area contributed by atoms with Gasteiger partial charge in [0.05, 0.1) is 24.5 Å². The number of aryl methyl sites for hydroxylation is 1. The van der Waals surface area contributed by atoms with Crippen LogP contribution in [0.1, 0.15) is 31.0 Å². The largest absolute Gasteiger partial charge is 0.481 e. The minimum absolute atomic E-state index is 0.0347. The van der Waals surface area contributed by atoms with Crippen molar-refractivity contribution in [2.75, 3.05) is 13.1 Å². The molecular weight excluding hydrogens is 206 g/mol. The highest BCUT2D eigenvalue weighted by Crippen LogP contribution is 2.27. The lowest BCUT2D eigenvalue weighted by Crippen LogP contribution is -2.29. The third kappa shape index (κ3) is 2.24. The molecule has 0 radical (unpaired) electrons. The molecule has 16 heavy (non-hydrogen) atoms. The predicted octanol–water partition coefficient (Wildman–Crippen LogP) is 1.03. The number of rotatable bonds is 4. The SMILES string of the molecule is Cn1cncc1C(CC(=O)O)N1CCCC1. The van der Waals surface area contributed by atoms with Crippen molar-refractivity contribution in [3.63, 3.8) is 0 Å². The summed E-state index contributed by atoms with van der Waals surface area (Å²) in [6.07, 6.45) is 5.97. The summed E-state index contributed by atoms with van der Waals surface area (Å²) in [5, 5.41) is 8.98. The van der Waals surface area contributed by atoms with Gasteiger partial charge in [0.2, 0.25) is 0 Å². The predicted molar refractivity (Wildman–Crippen MR) is 59.0 cm³/mol. The molecule has 5 nitrogen and oxygen atoms in total. The van der Waals surface area contributed by atoms with Gasteiger partial charge < -0.3 is 9.67 Å². The molecule has 0 aromatic carbocycles. The van der Waals surface area contributed by atoms with Crippen LogP contribution in [-0.2, 0) is 11.8 Å². The summed E-state index contributed by atoms with van der Waals surface area (Å²) in [5.74, 6) is -0.752. The first-order valence-electron chi connectivity index (χ1n) is 5.60. The molecule has 1 unspecified atom stereocenters. The molecule has 0 saturated carbocycles. The molecule has 2 rings (SSSR count). The lowest BCUT2D eigenvalue weighted by atomic mass is 10.1. The Kier molecular flexibility index (Phi) is 3.24. The molecule has 2 heterocycles. The first-order chi connectivity index (χ1) is 7.68. The molecule has 1 atom stereocenters. The molecule has 5 heteroatoms. The van der Waals surface area contributed by atoms with Crippen molar-refractivity contribution in [3.05, 3.63) is 18.2 Å². The molecular formula is C11H17N3O2. The van der Waals surface area contributed by atoms with Gasteiger partial charge in [0.1, 0.15) is 0 Å². The second-order valence-corrected chi connectivity index (χ2v) is 4.29. The van der Waals surface area contributed by atoms with Crippen LogP contribution in [0.25, 0.3) is 0 Å².